The number of methoxy groups -OCH3 is 1. The molecular formula is C25H23N3O3. The van der Waals surface area contributed by atoms with Crippen molar-refractivity contribution in [3.05, 3.63) is 77.9 Å². The van der Waals surface area contributed by atoms with Crippen molar-refractivity contribution < 1.29 is 14.3 Å². The zero-order valence-electron chi connectivity index (χ0n) is 17.3. The Morgan fingerprint density at radius 3 is 2.55 bits per heavy atom. The number of anilines is 2. The molecule has 0 saturated carbocycles. The number of nitrogens with zero attached hydrogens (tertiary/aromatic N) is 2. The highest BCUT2D eigenvalue weighted by Gasteiger charge is 2.31. The Morgan fingerprint density at radius 2 is 1.74 bits per heavy atom. The number of urea groups is 1. The molecule has 6 heteroatoms. The van der Waals surface area contributed by atoms with E-state index in [0.29, 0.717) is 13.1 Å². The van der Waals surface area contributed by atoms with Crippen molar-refractivity contribution in [2.45, 2.75) is 6.42 Å². The lowest BCUT2D eigenvalue weighted by Gasteiger charge is -2.19. The minimum atomic E-state index is -0.194. The first-order valence-electron chi connectivity index (χ1n) is 10.3. The van der Waals surface area contributed by atoms with Crippen LogP contribution in [-0.4, -0.2) is 43.6 Å². The van der Waals surface area contributed by atoms with Gasteiger partial charge in [0.2, 0.25) is 5.91 Å². The minimum Gasteiger partial charge on any atom is -0.497 e. The molecule has 31 heavy (non-hydrogen) atoms. The number of ether oxygens (including phenoxy) is 1. The third kappa shape index (κ3) is 3.61. The molecular weight excluding hydrogens is 390 g/mol. The standard InChI is InChI=1S/C25H23N3O3/c1-31-21-9-7-20(8-10-21)28-13-12-27(25(28)30)16-24(29)26-19-6-11-23-18(15-19)14-17-4-2-3-5-22(17)23/h2-11,15H,12-14,16H2,1H3,(H,26,29). The fraction of sp³-hybridized carbons (Fsp3) is 0.200. The van der Waals surface area contributed by atoms with E-state index in [4.69, 9.17) is 4.74 Å². The Hall–Kier alpha value is -3.80. The molecule has 1 aliphatic carbocycles. The summed E-state index contributed by atoms with van der Waals surface area (Å²) in [5, 5.41) is 2.95. The summed E-state index contributed by atoms with van der Waals surface area (Å²) in [6.45, 7) is 1.09. The Kier molecular flexibility index (Phi) is 4.82. The summed E-state index contributed by atoms with van der Waals surface area (Å²) < 4.78 is 5.17. The van der Waals surface area contributed by atoms with Crippen LogP contribution in [0.3, 0.4) is 0 Å². The van der Waals surface area contributed by atoms with Crippen LogP contribution in [-0.2, 0) is 11.2 Å². The van der Waals surface area contributed by atoms with E-state index < -0.39 is 0 Å². The van der Waals surface area contributed by atoms with E-state index in [0.717, 1.165) is 23.5 Å². The molecule has 3 aromatic carbocycles. The summed E-state index contributed by atoms with van der Waals surface area (Å²) in [4.78, 5) is 28.6. The number of hydrogen-bond acceptors (Lipinski definition) is 3. The van der Waals surface area contributed by atoms with Gasteiger partial charge in [0.1, 0.15) is 12.3 Å². The molecule has 1 fully saturated rings. The van der Waals surface area contributed by atoms with Crippen LogP contribution in [0.5, 0.6) is 5.75 Å². The second-order valence-electron chi connectivity index (χ2n) is 7.81. The molecule has 1 saturated heterocycles. The first-order chi connectivity index (χ1) is 15.1. The van der Waals surface area contributed by atoms with Crippen LogP contribution >= 0.6 is 0 Å². The monoisotopic (exact) mass is 413 g/mol. The molecule has 1 heterocycles. The average Bonchev–Trinajstić information content (AvgIpc) is 3.33. The van der Waals surface area contributed by atoms with Gasteiger partial charge in [-0.2, -0.15) is 0 Å². The van der Waals surface area contributed by atoms with Crippen LogP contribution in [0.2, 0.25) is 0 Å². The molecule has 0 radical (unpaired) electrons. The average molecular weight is 413 g/mol. The van der Waals surface area contributed by atoms with Gasteiger partial charge in [0, 0.05) is 24.5 Å². The van der Waals surface area contributed by atoms with Crippen LogP contribution in [0.1, 0.15) is 11.1 Å². The van der Waals surface area contributed by atoms with E-state index in [1.54, 1.807) is 16.9 Å². The lowest BCUT2D eigenvalue weighted by atomic mass is 10.1. The lowest BCUT2D eigenvalue weighted by Crippen LogP contribution is -2.37. The highest BCUT2D eigenvalue weighted by Crippen LogP contribution is 2.37. The first-order valence-corrected chi connectivity index (χ1v) is 10.3. The molecule has 0 spiro atoms. The van der Waals surface area contributed by atoms with Crippen molar-refractivity contribution in [3.63, 3.8) is 0 Å². The molecule has 3 amide bonds. The third-order valence-corrected chi connectivity index (χ3v) is 5.89. The van der Waals surface area contributed by atoms with Gasteiger partial charge < -0.3 is 15.0 Å². The third-order valence-electron chi connectivity index (χ3n) is 5.89. The van der Waals surface area contributed by atoms with Crippen LogP contribution in [0, 0.1) is 0 Å². The number of rotatable bonds is 5. The molecule has 1 aliphatic heterocycles. The van der Waals surface area contributed by atoms with E-state index >= 15 is 0 Å². The number of fused-ring (bicyclic) bond motifs is 3. The van der Waals surface area contributed by atoms with Gasteiger partial charge in [-0.05, 0) is 65.1 Å². The van der Waals surface area contributed by atoms with Gasteiger partial charge >= 0.3 is 6.03 Å². The van der Waals surface area contributed by atoms with E-state index in [9.17, 15) is 9.59 Å². The summed E-state index contributed by atoms with van der Waals surface area (Å²) in [7, 11) is 1.61. The van der Waals surface area contributed by atoms with Crippen molar-refractivity contribution in [3.8, 4) is 16.9 Å². The quantitative estimate of drug-likeness (QED) is 0.535. The molecule has 3 aromatic rings. The molecule has 0 aromatic heterocycles. The van der Waals surface area contributed by atoms with E-state index in [1.165, 1.54) is 22.3 Å². The predicted octanol–water partition coefficient (Wildman–Crippen LogP) is 4.15. The molecule has 0 atom stereocenters. The Bertz CT molecular complexity index is 1160. The molecule has 0 bridgehead atoms. The normalized spacial score (nSPS) is 14.4. The van der Waals surface area contributed by atoms with Crippen LogP contribution in [0.25, 0.3) is 11.1 Å². The van der Waals surface area contributed by atoms with Gasteiger partial charge in [0.05, 0.1) is 7.11 Å². The van der Waals surface area contributed by atoms with E-state index in [1.807, 2.05) is 42.5 Å². The zero-order valence-corrected chi connectivity index (χ0v) is 17.3. The zero-order chi connectivity index (χ0) is 21.4. The number of benzene rings is 3. The van der Waals surface area contributed by atoms with Crippen molar-refractivity contribution in [1.29, 1.82) is 0 Å². The van der Waals surface area contributed by atoms with Gasteiger partial charge in [-0.25, -0.2) is 4.79 Å². The van der Waals surface area contributed by atoms with Gasteiger partial charge in [-0.1, -0.05) is 30.3 Å². The maximum atomic E-state index is 12.8. The molecule has 6 nitrogen and oxygen atoms in total. The molecule has 1 N–H and O–H groups in total. The Labute approximate surface area is 181 Å². The maximum Gasteiger partial charge on any atom is 0.325 e. The Morgan fingerprint density at radius 1 is 0.968 bits per heavy atom. The summed E-state index contributed by atoms with van der Waals surface area (Å²) in [5.41, 5.74) is 6.56. The van der Waals surface area contributed by atoms with E-state index in [-0.39, 0.29) is 18.5 Å². The summed E-state index contributed by atoms with van der Waals surface area (Å²) in [6.07, 6.45) is 0.872. The minimum absolute atomic E-state index is 0.0306. The van der Waals surface area contributed by atoms with Crippen molar-refractivity contribution in [2.75, 3.05) is 37.0 Å². The summed E-state index contributed by atoms with van der Waals surface area (Å²) in [6, 6.07) is 21.6. The molecule has 5 rings (SSSR count). The molecule has 0 unspecified atom stereocenters. The van der Waals surface area contributed by atoms with E-state index in [2.05, 4.69) is 29.6 Å². The largest absolute Gasteiger partial charge is 0.497 e. The van der Waals surface area contributed by atoms with Crippen molar-refractivity contribution >= 4 is 23.3 Å². The summed E-state index contributed by atoms with van der Waals surface area (Å²) in [5.74, 6) is 0.546. The molecule has 2 aliphatic rings. The number of hydrogen-bond donors (Lipinski definition) is 1. The number of nitrogens with one attached hydrogen (secondary N) is 1. The van der Waals surface area contributed by atoms with Gasteiger partial charge in [0.15, 0.2) is 0 Å². The lowest BCUT2D eigenvalue weighted by molar-refractivity contribution is -0.116. The smallest absolute Gasteiger partial charge is 0.325 e. The second-order valence-corrected chi connectivity index (χ2v) is 7.81. The fourth-order valence-corrected chi connectivity index (χ4v) is 4.33. The summed E-state index contributed by atoms with van der Waals surface area (Å²) >= 11 is 0. The highest BCUT2D eigenvalue weighted by molar-refractivity contribution is 5.99. The number of amides is 3. The molecule has 156 valence electrons. The second kappa shape index (κ2) is 7.80. The Balaban J connectivity index is 1.22. The van der Waals surface area contributed by atoms with Crippen LogP contribution in [0.15, 0.2) is 66.7 Å². The maximum absolute atomic E-state index is 12.8. The van der Waals surface area contributed by atoms with Crippen LogP contribution < -0.4 is 15.0 Å². The fourth-order valence-electron chi connectivity index (χ4n) is 4.33. The van der Waals surface area contributed by atoms with Crippen molar-refractivity contribution in [2.24, 2.45) is 0 Å². The van der Waals surface area contributed by atoms with Gasteiger partial charge in [0.25, 0.3) is 0 Å². The number of carbonyl (C=O) groups is 2. The highest BCUT2D eigenvalue weighted by atomic mass is 16.5. The van der Waals surface area contributed by atoms with Gasteiger partial charge in [-0.3, -0.25) is 9.69 Å². The van der Waals surface area contributed by atoms with Crippen LogP contribution in [0.4, 0.5) is 16.2 Å². The van der Waals surface area contributed by atoms with Crippen molar-refractivity contribution in [1.82, 2.24) is 4.90 Å². The topological polar surface area (TPSA) is 61.9 Å². The first kappa shape index (κ1) is 19.2. The van der Waals surface area contributed by atoms with Gasteiger partial charge in [-0.15, -0.1) is 0 Å². The SMILES string of the molecule is COc1ccc(N2CCN(CC(=O)Nc3ccc4c(c3)Cc3ccccc3-4)C2=O)cc1. The predicted molar refractivity (Wildman–Crippen MR) is 121 cm³/mol. The number of carbonyl (C=O) groups excluding carboxylic acids is 2.